The van der Waals surface area contributed by atoms with Crippen LogP contribution >= 0.6 is 0 Å². The normalized spacial score (nSPS) is 15.6. The Morgan fingerprint density at radius 1 is 0.371 bits per heavy atom. The Morgan fingerprint density at radius 2 is 0.657 bits per heavy atom. The summed E-state index contributed by atoms with van der Waals surface area (Å²) < 4.78 is 0. The molecular weight excluding hydrogens is 424 g/mol. The average Bonchev–Trinajstić information content (AvgIpc) is 3.25. The summed E-state index contributed by atoms with van der Waals surface area (Å²) in [4.78, 5) is 5.36. The number of hydrogen-bond donors (Lipinski definition) is 0. The first-order valence-electron chi connectivity index (χ1n) is 16.5. The second-order valence-corrected chi connectivity index (χ2v) is 11.5. The molecule has 0 amide bonds. The van der Waals surface area contributed by atoms with Crippen LogP contribution in [0.1, 0.15) is 181 Å². The van der Waals surface area contributed by atoms with Gasteiger partial charge in [0.2, 0.25) is 0 Å². The van der Waals surface area contributed by atoms with E-state index in [1.54, 1.807) is 0 Å². The fraction of sp³-hybridized carbons (Fsp3) is 0.939. The van der Waals surface area contributed by atoms with E-state index in [-0.39, 0.29) is 0 Å². The highest BCUT2D eigenvalue weighted by Gasteiger charge is 2.24. The van der Waals surface area contributed by atoms with Crippen LogP contribution in [0.3, 0.4) is 0 Å². The monoisotopic (exact) mass is 491 g/mol. The van der Waals surface area contributed by atoms with E-state index in [2.05, 4.69) is 43.0 Å². The molecule has 0 aliphatic carbocycles. The standard InChI is InChI=1S/C33H66N2/c1-4-7-10-13-15-16-17-18-19-20-21-22-24-27-30-35-32-31-34(29-26-12-9-6-3)33(35)28-25-23-14-11-8-5-2/h31-33H,4-30H2,1-3H3. The summed E-state index contributed by atoms with van der Waals surface area (Å²) in [5.74, 6) is 0. The molecule has 1 heterocycles. The fourth-order valence-corrected chi connectivity index (χ4v) is 5.66. The molecule has 35 heavy (non-hydrogen) atoms. The molecule has 1 atom stereocenters. The van der Waals surface area contributed by atoms with Gasteiger partial charge in [-0.3, -0.25) is 0 Å². The summed E-state index contributed by atoms with van der Waals surface area (Å²) in [5, 5.41) is 0. The summed E-state index contributed by atoms with van der Waals surface area (Å²) in [6, 6.07) is 0. The van der Waals surface area contributed by atoms with E-state index >= 15 is 0 Å². The fourth-order valence-electron chi connectivity index (χ4n) is 5.66. The smallest absolute Gasteiger partial charge is 0.101 e. The van der Waals surface area contributed by atoms with Crippen LogP contribution in [-0.4, -0.2) is 29.1 Å². The minimum Gasteiger partial charge on any atom is -0.356 e. The third-order valence-electron chi connectivity index (χ3n) is 8.07. The molecule has 0 radical (unpaired) electrons. The topological polar surface area (TPSA) is 6.48 Å². The molecule has 1 rings (SSSR count). The summed E-state index contributed by atoms with van der Waals surface area (Å²) in [7, 11) is 0. The van der Waals surface area contributed by atoms with E-state index in [0.717, 1.165) is 0 Å². The van der Waals surface area contributed by atoms with Crippen molar-refractivity contribution in [2.24, 2.45) is 0 Å². The second kappa shape index (κ2) is 25.0. The van der Waals surface area contributed by atoms with Crippen LogP contribution in [0.15, 0.2) is 12.4 Å². The largest absolute Gasteiger partial charge is 0.356 e. The number of nitrogens with zero attached hydrogens (tertiary/aromatic N) is 2. The molecular formula is C33H66N2. The van der Waals surface area contributed by atoms with Crippen LogP contribution < -0.4 is 0 Å². The molecule has 1 aliphatic rings. The molecule has 2 nitrogen and oxygen atoms in total. The molecule has 0 fully saturated rings. The first-order chi connectivity index (χ1) is 17.3. The quantitative estimate of drug-likeness (QED) is 0.106. The van der Waals surface area contributed by atoms with E-state index in [9.17, 15) is 0 Å². The molecule has 2 heteroatoms. The van der Waals surface area contributed by atoms with Gasteiger partial charge in [0.25, 0.3) is 0 Å². The van der Waals surface area contributed by atoms with Crippen molar-refractivity contribution in [3.8, 4) is 0 Å². The Morgan fingerprint density at radius 3 is 1.03 bits per heavy atom. The molecule has 0 aromatic rings. The van der Waals surface area contributed by atoms with Crippen LogP contribution in [0.25, 0.3) is 0 Å². The number of hydrogen-bond acceptors (Lipinski definition) is 2. The molecule has 208 valence electrons. The van der Waals surface area contributed by atoms with Gasteiger partial charge in [0.05, 0.1) is 0 Å². The molecule has 0 aromatic heterocycles. The van der Waals surface area contributed by atoms with Gasteiger partial charge in [0.15, 0.2) is 0 Å². The van der Waals surface area contributed by atoms with Gasteiger partial charge in [-0.1, -0.05) is 156 Å². The van der Waals surface area contributed by atoms with E-state index < -0.39 is 0 Å². The third-order valence-corrected chi connectivity index (χ3v) is 8.07. The van der Waals surface area contributed by atoms with Crippen molar-refractivity contribution in [3.05, 3.63) is 12.4 Å². The number of unbranched alkanes of at least 4 members (excludes halogenated alkanes) is 21. The van der Waals surface area contributed by atoms with Gasteiger partial charge < -0.3 is 9.80 Å². The third kappa shape index (κ3) is 18.3. The first kappa shape index (κ1) is 32.4. The van der Waals surface area contributed by atoms with Crippen molar-refractivity contribution in [1.82, 2.24) is 9.80 Å². The summed E-state index contributed by atoms with van der Waals surface area (Å²) >= 11 is 0. The Kier molecular flexibility index (Phi) is 23.1. The highest BCUT2D eigenvalue weighted by atomic mass is 15.4. The lowest BCUT2D eigenvalue weighted by Crippen LogP contribution is -2.39. The van der Waals surface area contributed by atoms with E-state index in [4.69, 9.17) is 0 Å². The van der Waals surface area contributed by atoms with Gasteiger partial charge in [0, 0.05) is 25.5 Å². The van der Waals surface area contributed by atoms with Crippen molar-refractivity contribution in [2.45, 2.75) is 187 Å². The molecule has 0 saturated heterocycles. The van der Waals surface area contributed by atoms with Crippen molar-refractivity contribution < 1.29 is 0 Å². The van der Waals surface area contributed by atoms with Crippen LogP contribution in [0, 0.1) is 0 Å². The minimum atomic E-state index is 0.643. The lowest BCUT2D eigenvalue weighted by Gasteiger charge is -2.33. The van der Waals surface area contributed by atoms with Crippen LogP contribution in [0.2, 0.25) is 0 Å². The minimum absolute atomic E-state index is 0.643. The molecule has 0 spiro atoms. The Labute approximate surface area is 222 Å². The zero-order chi connectivity index (χ0) is 25.2. The van der Waals surface area contributed by atoms with E-state index in [0.29, 0.717) is 6.17 Å². The van der Waals surface area contributed by atoms with Crippen LogP contribution in [0.5, 0.6) is 0 Å². The Bertz CT molecular complexity index is 446. The SMILES string of the molecule is CCCCCCCCCCCCCCCCN1C=CN(CCCCCC)C1CCCCCCCC. The van der Waals surface area contributed by atoms with Crippen molar-refractivity contribution >= 4 is 0 Å². The predicted molar refractivity (Wildman–Crippen MR) is 159 cm³/mol. The van der Waals surface area contributed by atoms with Gasteiger partial charge in [-0.15, -0.1) is 0 Å². The lowest BCUT2D eigenvalue weighted by molar-refractivity contribution is 0.135. The zero-order valence-corrected chi connectivity index (χ0v) is 24.7. The van der Waals surface area contributed by atoms with Crippen molar-refractivity contribution in [3.63, 3.8) is 0 Å². The van der Waals surface area contributed by atoms with E-state index in [1.165, 1.54) is 174 Å². The molecule has 1 aliphatic heterocycles. The van der Waals surface area contributed by atoms with E-state index in [1.807, 2.05) is 0 Å². The predicted octanol–water partition coefficient (Wildman–Crippen LogP) is 11.2. The van der Waals surface area contributed by atoms with Crippen molar-refractivity contribution in [1.29, 1.82) is 0 Å². The van der Waals surface area contributed by atoms with Gasteiger partial charge in [0.1, 0.15) is 6.17 Å². The lowest BCUT2D eigenvalue weighted by atomic mass is 10.0. The maximum Gasteiger partial charge on any atom is 0.101 e. The van der Waals surface area contributed by atoms with Gasteiger partial charge in [-0.25, -0.2) is 0 Å². The summed E-state index contributed by atoms with van der Waals surface area (Å²) in [5.41, 5.74) is 0. The van der Waals surface area contributed by atoms with Gasteiger partial charge in [-0.2, -0.15) is 0 Å². The highest BCUT2D eigenvalue weighted by Crippen LogP contribution is 2.24. The first-order valence-corrected chi connectivity index (χ1v) is 16.5. The maximum absolute atomic E-state index is 2.69. The van der Waals surface area contributed by atoms with Gasteiger partial charge in [-0.05, 0) is 25.7 Å². The van der Waals surface area contributed by atoms with Crippen LogP contribution in [-0.2, 0) is 0 Å². The highest BCUT2D eigenvalue weighted by molar-refractivity contribution is 4.97. The second-order valence-electron chi connectivity index (χ2n) is 11.5. The molecule has 0 saturated carbocycles. The van der Waals surface area contributed by atoms with Crippen LogP contribution in [0.4, 0.5) is 0 Å². The molecule has 0 bridgehead atoms. The van der Waals surface area contributed by atoms with Gasteiger partial charge >= 0.3 is 0 Å². The zero-order valence-electron chi connectivity index (χ0n) is 24.7. The maximum atomic E-state index is 2.69. The average molecular weight is 491 g/mol. The van der Waals surface area contributed by atoms with Crippen molar-refractivity contribution in [2.75, 3.05) is 13.1 Å². The summed E-state index contributed by atoms with van der Waals surface area (Å²) in [6.07, 6.45) is 41.0. The molecule has 1 unspecified atom stereocenters. The number of rotatable bonds is 27. The Hall–Kier alpha value is -0.660. The molecule has 0 N–H and O–H groups in total. The Balaban J connectivity index is 2.11. The summed E-state index contributed by atoms with van der Waals surface area (Å²) in [6.45, 7) is 9.46. The molecule has 0 aromatic carbocycles.